The Labute approximate surface area is 130 Å². The van der Waals surface area contributed by atoms with Gasteiger partial charge in [0.1, 0.15) is 11.9 Å². The van der Waals surface area contributed by atoms with Crippen LogP contribution in [0.5, 0.6) is 0 Å². The largest absolute Gasteiger partial charge is 0.379 e. The number of hydrogen-bond donors (Lipinski definition) is 1. The second kappa shape index (κ2) is 7.60. The van der Waals surface area contributed by atoms with Gasteiger partial charge < -0.3 is 10.1 Å². The van der Waals surface area contributed by atoms with Crippen LogP contribution in [0.2, 0.25) is 5.02 Å². The van der Waals surface area contributed by atoms with E-state index in [1.807, 2.05) is 6.07 Å². The number of aromatic nitrogens is 1. The van der Waals surface area contributed by atoms with E-state index in [1.54, 1.807) is 6.07 Å². The van der Waals surface area contributed by atoms with Crippen molar-refractivity contribution in [2.75, 3.05) is 38.2 Å². The Morgan fingerprint density at radius 3 is 2.76 bits per heavy atom. The number of halogens is 1. The first-order valence-corrected chi connectivity index (χ1v) is 7.61. The lowest BCUT2D eigenvalue weighted by Crippen LogP contribution is -2.49. The van der Waals surface area contributed by atoms with E-state index < -0.39 is 0 Å². The topological polar surface area (TPSA) is 61.2 Å². The van der Waals surface area contributed by atoms with Crippen LogP contribution in [-0.4, -0.2) is 48.8 Å². The number of pyridine rings is 1. The van der Waals surface area contributed by atoms with Gasteiger partial charge in [0.2, 0.25) is 0 Å². The Hall–Kier alpha value is -1.35. The van der Waals surface area contributed by atoms with Gasteiger partial charge in [-0.25, -0.2) is 4.98 Å². The minimum absolute atomic E-state index is 0.405. The number of morpholine rings is 1. The minimum Gasteiger partial charge on any atom is -0.379 e. The number of hydrogen-bond acceptors (Lipinski definition) is 5. The lowest BCUT2D eigenvalue weighted by Gasteiger charge is -2.37. The Bertz CT molecular complexity index is 509. The van der Waals surface area contributed by atoms with Crippen molar-refractivity contribution in [3.8, 4) is 6.07 Å². The summed E-state index contributed by atoms with van der Waals surface area (Å²) in [5.41, 5.74) is 0.471. The second-order valence-electron chi connectivity index (χ2n) is 5.51. The van der Waals surface area contributed by atoms with Gasteiger partial charge in [-0.05, 0) is 12.0 Å². The van der Waals surface area contributed by atoms with Crippen molar-refractivity contribution in [3.05, 3.63) is 22.8 Å². The summed E-state index contributed by atoms with van der Waals surface area (Å²) in [6, 6.07) is 4.07. The molecular weight excluding hydrogens is 288 g/mol. The molecule has 2 rings (SSSR count). The molecule has 0 saturated carbocycles. The Morgan fingerprint density at radius 1 is 1.48 bits per heavy atom. The lowest BCUT2D eigenvalue weighted by atomic mass is 10.0. The van der Waals surface area contributed by atoms with Crippen LogP contribution in [0.3, 0.4) is 0 Å². The number of anilines is 1. The monoisotopic (exact) mass is 308 g/mol. The predicted octanol–water partition coefficient (Wildman–Crippen LogP) is 2.38. The third-order valence-corrected chi connectivity index (χ3v) is 4.02. The fraction of sp³-hybridized carbons (Fsp3) is 0.600. The average Bonchev–Trinajstić information content (AvgIpc) is 2.49. The van der Waals surface area contributed by atoms with Gasteiger partial charge in [-0.3, -0.25) is 4.90 Å². The maximum absolute atomic E-state index is 8.83. The van der Waals surface area contributed by atoms with Crippen molar-refractivity contribution in [2.45, 2.75) is 19.9 Å². The Balaban J connectivity index is 2.00. The van der Waals surface area contributed by atoms with E-state index in [4.69, 9.17) is 21.6 Å². The van der Waals surface area contributed by atoms with Crippen LogP contribution in [-0.2, 0) is 4.74 Å². The van der Waals surface area contributed by atoms with E-state index in [9.17, 15) is 0 Å². The van der Waals surface area contributed by atoms with Gasteiger partial charge in [-0.2, -0.15) is 5.26 Å². The zero-order chi connectivity index (χ0) is 15.2. The van der Waals surface area contributed by atoms with Gasteiger partial charge in [0.25, 0.3) is 0 Å². The number of nitrogens with zero attached hydrogens (tertiary/aromatic N) is 3. The minimum atomic E-state index is 0.405. The molecule has 1 saturated heterocycles. The molecule has 1 fully saturated rings. The lowest BCUT2D eigenvalue weighted by molar-refractivity contribution is 0.00953. The molecule has 21 heavy (non-hydrogen) atoms. The fourth-order valence-corrected chi connectivity index (χ4v) is 2.76. The second-order valence-corrected chi connectivity index (χ2v) is 5.91. The van der Waals surface area contributed by atoms with E-state index >= 15 is 0 Å². The molecule has 0 bridgehead atoms. The standard InChI is InChI=1S/C15H21ClN4O/c1-11(2)14(20-3-5-21-6-4-20)10-19-15-13(16)7-12(8-17)9-18-15/h7,9,11,14H,3-6,10H2,1-2H3,(H,18,19)/t14-/m0/s1. The molecule has 0 amide bonds. The van der Waals surface area contributed by atoms with Crippen molar-refractivity contribution in [2.24, 2.45) is 5.92 Å². The van der Waals surface area contributed by atoms with Crippen LogP contribution in [0.25, 0.3) is 0 Å². The summed E-state index contributed by atoms with van der Waals surface area (Å²) in [5, 5.41) is 12.6. The Kier molecular flexibility index (Phi) is 5.80. The number of nitrogens with one attached hydrogen (secondary N) is 1. The van der Waals surface area contributed by atoms with E-state index in [0.717, 1.165) is 32.8 Å². The van der Waals surface area contributed by atoms with E-state index in [2.05, 4.69) is 29.0 Å². The molecule has 1 N–H and O–H groups in total. The van der Waals surface area contributed by atoms with Crippen LogP contribution in [0.1, 0.15) is 19.4 Å². The summed E-state index contributed by atoms with van der Waals surface area (Å²) in [7, 11) is 0. The molecule has 114 valence electrons. The first-order valence-electron chi connectivity index (χ1n) is 7.23. The van der Waals surface area contributed by atoms with Gasteiger partial charge in [-0.15, -0.1) is 0 Å². The van der Waals surface area contributed by atoms with Crippen LogP contribution in [0, 0.1) is 17.2 Å². The van der Waals surface area contributed by atoms with Gasteiger partial charge in [-0.1, -0.05) is 25.4 Å². The molecule has 6 heteroatoms. The maximum Gasteiger partial charge on any atom is 0.144 e. The number of nitriles is 1. The highest BCUT2D eigenvalue weighted by Crippen LogP contribution is 2.21. The zero-order valence-electron chi connectivity index (χ0n) is 12.5. The van der Waals surface area contributed by atoms with Gasteiger partial charge in [0.15, 0.2) is 0 Å². The summed E-state index contributed by atoms with van der Waals surface area (Å²) in [5.74, 6) is 1.15. The third-order valence-electron chi connectivity index (χ3n) is 3.73. The molecule has 0 unspecified atom stereocenters. The van der Waals surface area contributed by atoms with Crippen molar-refractivity contribution in [1.82, 2.24) is 9.88 Å². The molecule has 1 aromatic heterocycles. The zero-order valence-corrected chi connectivity index (χ0v) is 13.2. The molecule has 0 aliphatic carbocycles. The first-order chi connectivity index (χ1) is 10.1. The van der Waals surface area contributed by atoms with Crippen LogP contribution < -0.4 is 5.32 Å². The molecule has 0 radical (unpaired) electrons. The van der Waals surface area contributed by atoms with Crippen molar-refractivity contribution >= 4 is 17.4 Å². The summed E-state index contributed by atoms with van der Waals surface area (Å²) < 4.78 is 5.41. The summed E-state index contributed by atoms with van der Waals surface area (Å²) in [6.07, 6.45) is 1.54. The highest BCUT2D eigenvalue weighted by atomic mass is 35.5. The molecule has 1 aromatic rings. The quantitative estimate of drug-likeness (QED) is 0.905. The van der Waals surface area contributed by atoms with E-state index in [1.165, 1.54) is 6.20 Å². The number of rotatable bonds is 5. The molecule has 0 spiro atoms. The van der Waals surface area contributed by atoms with E-state index in [-0.39, 0.29) is 0 Å². The highest BCUT2D eigenvalue weighted by molar-refractivity contribution is 6.33. The maximum atomic E-state index is 8.83. The van der Waals surface area contributed by atoms with Crippen LogP contribution in [0.4, 0.5) is 5.82 Å². The molecule has 1 aliphatic heterocycles. The van der Waals surface area contributed by atoms with Gasteiger partial charge in [0, 0.05) is 31.9 Å². The molecular formula is C15H21ClN4O. The van der Waals surface area contributed by atoms with Gasteiger partial charge in [0.05, 0.1) is 23.8 Å². The normalized spacial score (nSPS) is 17.5. The highest BCUT2D eigenvalue weighted by Gasteiger charge is 2.23. The average molecular weight is 309 g/mol. The number of ether oxygens (including phenoxy) is 1. The SMILES string of the molecule is CC(C)[C@H](CNc1ncc(C#N)cc1Cl)N1CCOCC1. The first kappa shape index (κ1) is 16.0. The van der Waals surface area contributed by atoms with Crippen LogP contribution >= 0.6 is 11.6 Å². The molecule has 2 heterocycles. The van der Waals surface area contributed by atoms with Crippen molar-refractivity contribution in [1.29, 1.82) is 5.26 Å². The smallest absolute Gasteiger partial charge is 0.144 e. The summed E-state index contributed by atoms with van der Waals surface area (Å²) in [6.45, 7) is 8.71. The van der Waals surface area contributed by atoms with Crippen molar-refractivity contribution in [3.63, 3.8) is 0 Å². The Morgan fingerprint density at radius 2 is 2.19 bits per heavy atom. The fourth-order valence-electron chi connectivity index (χ4n) is 2.53. The summed E-state index contributed by atoms with van der Waals surface area (Å²) in [4.78, 5) is 6.66. The molecule has 0 aromatic carbocycles. The molecule has 5 nitrogen and oxygen atoms in total. The molecule has 1 aliphatic rings. The predicted molar refractivity (Wildman–Crippen MR) is 83.5 cm³/mol. The van der Waals surface area contributed by atoms with Crippen molar-refractivity contribution < 1.29 is 4.74 Å². The van der Waals surface area contributed by atoms with Gasteiger partial charge >= 0.3 is 0 Å². The van der Waals surface area contributed by atoms with Crippen LogP contribution in [0.15, 0.2) is 12.3 Å². The third kappa shape index (κ3) is 4.31. The summed E-state index contributed by atoms with van der Waals surface area (Å²) >= 11 is 6.15. The van der Waals surface area contributed by atoms with E-state index in [0.29, 0.717) is 28.4 Å². The molecule has 1 atom stereocenters.